The molecule has 0 bridgehead atoms. The van der Waals surface area contributed by atoms with Crippen molar-refractivity contribution in [3.63, 3.8) is 0 Å². The molecule has 3 heteroatoms. The lowest BCUT2D eigenvalue weighted by Gasteiger charge is -2.23. The van der Waals surface area contributed by atoms with Gasteiger partial charge in [-0.2, -0.15) is 0 Å². The van der Waals surface area contributed by atoms with Crippen LogP contribution in [0.15, 0.2) is 60.7 Å². The smallest absolute Gasteiger partial charge is 0.129 e. The Labute approximate surface area is 150 Å². The molecule has 0 aliphatic carbocycles. The van der Waals surface area contributed by atoms with Crippen LogP contribution in [0.1, 0.15) is 25.0 Å². The van der Waals surface area contributed by atoms with E-state index in [2.05, 4.69) is 25.7 Å². The zero-order valence-corrected chi connectivity index (χ0v) is 15.0. The Balaban J connectivity index is 2.39. The maximum Gasteiger partial charge on any atom is 0.129 e. The molecule has 0 heterocycles. The molecule has 0 saturated heterocycles. The highest BCUT2D eigenvalue weighted by molar-refractivity contribution is 6.21. The number of methoxy groups -OCH3 is 1. The third-order valence-corrected chi connectivity index (χ3v) is 3.94. The Morgan fingerprint density at radius 1 is 1.04 bits per heavy atom. The summed E-state index contributed by atoms with van der Waals surface area (Å²) in [6, 6.07) is 17.6. The average molecular weight is 332 g/mol. The summed E-state index contributed by atoms with van der Waals surface area (Å²) in [6.07, 6.45) is 1.83. The minimum atomic E-state index is 0.484. The van der Waals surface area contributed by atoms with E-state index in [1.807, 2.05) is 65.6 Å². The highest BCUT2D eigenvalue weighted by Crippen LogP contribution is 2.21. The van der Waals surface area contributed by atoms with Crippen molar-refractivity contribution in [1.82, 2.24) is 4.90 Å². The van der Waals surface area contributed by atoms with Crippen molar-refractivity contribution in [2.45, 2.75) is 13.8 Å². The lowest BCUT2D eigenvalue weighted by atomic mass is 10.0. The molecule has 3 nitrogen and oxygen atoms in total. The first-order valence-corrected chi connectivity index (χ1v) is 8.44. The van der Waals surface area contributed by atoms with E-state index in [0.29, 0.717) is 5.84 Å². The number of allylic oxidation sites excluding steroid dienone is 1. The molecule has 0 aromatic heterocycles. The molecule has 0 fully saturated rings. The van der Waals surface area contributed by atoms with Crippen LogP contribution in [0.4, 0.5) is 0 Å². The molecule has 0 amide bonds. The summed E-state index contributed by atoms with van der Waals surface area (Å²) in [6.45, 7) is 5.68. The van der Waals surface area contributed by atoms with Gasteiger partial charge in [-0.25, -0.2) is 0 Å². The van der Waals surface area contributed by atoms with E-state index in [0.717, 1.165) is 35.5 Å². The SMILES string of the molecule is CCN(CC)C(=N)/C(=C\C#Cc1ccccc1)c1ccc(OC)cc1. The molecule has 2 aromatic rings. The molecule has 0 atom stereocenters. The summed E-state index contributed by atoms with van der Waals surface area (Å²) in [5, 5.41) is 8.58. The molecule has 0 saturated carbocycles. The van der Waals surface area contributed by atoms with Crippen LogP contribution in [0.5, 0.6) is 5.75 Å². The van der Waals surface area contributed by atoms with Gasteiger partial charge in [0.25, 0.3) is 0 Å². The maximum absolute atomic E-state index is 8.58. The monoisotopic (exact) mass is 332 g/mol. The molecule has 25 heavy (non-hydrogen) atoms. The normalized spacial score (nSPS) is 10.6. The van der Waals surface area contributed by atoms with Gasteiger partial charge in [0.1, 0.15) is 11.6 Å². The summed E-state index contributed by atoms with van der Waals surface area (Å²) in [7, 11) is 1.65. The highest BCUT2D eigenvalue weighted by Gasteiger charge is 2.13. The molecular formula is C22H24N2O. The fourth-order valence-corrected chi connectivity index (χ4v) is 2.48. The lowest BCUT2D eigenvalue weighted by Crippen LogP contribution is -2.30. The number of rotatable bonds is 5. The van der Waals surface area contributed by atoms with Gasteiger partial charge in [-0.3, -0.25) is 5.41 Å². The number of hydrogen-bond donors (Lipinski definition) is 1. The second-order valence-electron chi connectivity index (χ2n) is 5.44. The summed E-state index contributed by atoms with van der Waals surface area (Å²) in [5.74, 6) is 7.52. The number of ether oxygens (including phenoxy) is 1. The lowest BCUT2D eigenvalue weighted by molar-refractivity contribution is 0.415. The van der Waals surface area contributed by atoms with E-state index in [-0.39, 0.29) is 0 Å². The van der Waals surface area contributed by atoms with Crippen molar-refractivity contribution >= 4 is 11.4 Å². The summed E-state index contributed by atoms with van der Waals surface area (Å²) >= 11 is 0. The van der Waals surface area contributed by atoms with Crippen LogP contribution in [0, 0.1) is 17.3 Å². The van der Waals surface area contributed by atoms with Crippen LogP contribution in [0.3, 0.4) is 0 Å². The fourth-order valence-electron chi connectivity index (χ4n) is 2.48. The van der Waals surface area contributed by atoms with E-state index in [1.165, 1.54) is 0 Å². The third kappa shape index (κ3) is 4.99. The van der Waals surface area contributed by atoms with Crippen molar-refractivity contribution in [3.8, 4) is 17.6 Å². The predicted octanol–water partition coefficient (Wildman–Crippen LogP) is 4.45. The van der Waals surface area contributed by atoms with Crippen LogP contribution < -0.4 is 4.74 Å². The zero-order chi connectivity index (χ0) is 18.1. The predicted molar refractivity (Wildman–Crippen MR) is 105 cm³/mol. The topological polar surface area (TPSA) is 36.3 Å². The number of nitrogens with one attached hydrogen (secondary N) is 1. The van der Waals surface area contributed by atoms with Crippen LogP contribution in [-0.4, -0.2) is 30.9 Å². The number of likely N-dealkylation sites (N-methyl/N-ethyl adjacent to an activating group) is 1. The molecular weight excluding hydrogens is 308 g/mol. The van der Waals surface area contributed by atoms with Crippen LogP contribution >= 0.6 is 0 Å². The second-order valence-corrected chi connectivity index (χ2v) is 5.44. The number of amidine groups is 1. The molecule has 2 rings (SSSR count). The molecule has 0 spiro atoms. The minimum Gasteiger partial charge on any atom is -0.497 e. The molecule has 0 aliphatic heterocycles. The second kappa shape index (κ2) is 9.34. The van der Waals surface area contributed by atoms with Crippen molar-refractivity contribution in [2.24, 2.45) is 0 Å². The van der Waals surface area contributed by atoms with Gasteiger partial charge in [-0.15, -0.1) is 0 Å². The Morgan fingerprint density at radius 3 is 2.24 bits per heavy atom. The van der Waals surface area contributed by atoms with E-state index >= 15 is 0 Å². The fraction of sp³-hybridized carbons (Fsp3) is 0.227. The van der Waals surface area contributed by atoms with E-state index in [9.17, 15) is 0 Å². The van der Waals surface area contributed by atoms with Gasteiger partial charge < -0.3 is 9.64 Å². The minimum absolute atomic E-state index is 0.484. The van der Waals surface area contributed by atoms with Gasteiger partial charge >= 0.3 is 0 Å². The molecule has 0 radical (unpaired) electrons. The Morgan fingerprint density at radius 2 is 1.68 bits per heavy atom. The molecule has 1 N–H and O–H groups in total. The molecule has 2 aromatic carbocycles. The first-order chi connectivity index (χ1) is 12.2. The van der Waals surface area contributed by atoms with Crippen molar-refractivity contribution in [2.75, 3.05) is 20.2 Å². The van der Waals surface area contributed by atoms with E-state index in [4.69, 9.17) is 10.1 Å². The van der Waals surface area contributed by atoms with Crippen LogP contribution in [0.2, 0.25) is 0 Å². The maximum atomic E-state index is 8.58. The largest absolute Gasteiger partial charge is 0.497 e. The Bertz CT molecular complexity index is 776. The third-order valence-electron chi connectivity index (χ3n) is 3.94. The zero-order valence-electron chi connectivity index (χ0n) is 15.0. The first-order valence-electron chi connectivity index (χ1n) is 8.44. The van der Waals surface area contributed by atoms with Gasteiger partial charge in [0.15, 0.2) is 0 Å². The molecule has 128 valence electrons. The van der Waals surface area contributed by atoms with Crippen molar-refractivity contribution in [3.05, 3.63) is 71.8 Å². The van der Waals surface area contributed by atoms with Gasteiger partial charge in [-0.05, 0) is 43.7 Å². The van der Waals surface area contributed by atoms with Crippen molar-refractivity contribution < 1.29 is 4.74 Å². The number of nitrogens with zero attached hydrogens (tertiary/aromatic N) is 1. The molecule has 0 unspecified atom stereocenters. The van der Waals surface area contributed by atoms with E-state index in [1.54, 1.807) is 7.11 Å². The Hall–Kier alpha value is -2.99. The van der Waals surface area contributed by atoms with Gasteiger partial charge in [0.2, 0.25) is 0 Å². The van der Waals surface area contributed by atoms with Gasteiger partial charge in [-0.1, -0.05) is 42.2 Å². The van der Waals surface area contributed by atoms with Gasteiger partial charge in [0, 0.05) is 30.3 Å². The quantitative estimate of drug-likeness (QED) is 0.499. The van der Waals surface area contributed by atoms with Crippen LogP contribution in [0.25, 0.3) is 5.57 Å². The van der Waals surface area contributed by atoms with Crippen LogP contribution in [-0.2, 0) is 0 Å². The van der Waals surface area contributed by atoms with Crippen molar-refractivity contribution in [1.29, 1.82) is 5.41 Å². The number of benzene rings is 2. The highest BCUT2D eigenvalue weighted by atomic mass is 16.5. The summed E-state index contributed by atoms with van der Waals surface area (Å²) in [5.41, 5.74) is 2.73. The average Bonchev–Trinajstić information content (AvgIpc) is 2.67. The summed E-state index contributed by atoms with van der Waals surface area (Å²) < 4.78 is 5.23. The van der Waals surface area contributed by atoms with E-state index < -0.39 is 0 Å². The Kier molecular flexibility index (Phi) is 6.86. The summed E-state index contributed by atoms with van der Waals surface area (Å²) in [4.78, 5) is 2.01. The molecule has 0 aliphatic rings. The standard InChI is InChI=1S/C22H24N2O/c1-4-24(5-2)22(23)21(19-14-16-20(25-3)17-15-19)13-9-12-18-10-7-6-8-11-18/h6-8,10-11,13-17,23H,4-5H2,1-3H3/b21-13-,23-22?. The van der Waals surface area contributed by atoms with Gasteiger partial charge in [0.05, 0.1) is 7.11 Å². The number of hydrogen-bond acceptors (Lipinski definition) is 2. The first kappa shape index (κ1) is 18.4.